The van der Waals surface area contributed by atoms with Crippen LogP contribution in [0.2, 0.25) is 5.02 Å². The number of hydrogen-bond acceptors (Lipinski definition) is 6. The van der Waals surface area contributed by atoms with Crippen LogP contribution in [0.3, 0.4) is 0 Å². The number of rotatable bonds is 8. The number of nitrogens with zero attached hydrogens (tertiary/aromatic N) is 2. The molecule has 3 aromatic rings. The van der Waals surface area contributed by atoms with Crippen LogP contribution in [0.25, 0.3) is 0 Å². The van der Waals surface area contributed by atoms with Crippen molar-refractivity contribution in [2.75, 3.05) is 21.3 Å². The summed E-state index contributed by atoms with van der Waals surface area (Å²) in [6.45, 7) is 1.89. The fourth-order valence-corrected chi connectivity index (χ4v) is 4.13. The summed E-state index contributed by atoms with van der Waals surface area (Å²) < 4.78 is 22.3. The molecule has 35 heavy (non-hydrogen) atoms. The van der Waals surface area contributed by atoms with Gasteiger partial charge in [-0.1, -0.05) is 29.8 Å². The number of halogens is 1. The molecular weight excluding hydrogens is 468 g/mol. The molecular formula is C27H27ClN2O5. The van der Waals surface area contributed by atoms with Crippen molar-refractivity contribution in [3.8, 4) is 23.0 Å². The number of amides is 1. The zero-order chi connectivity index (χ0) is 24.9. The molecule has 1 amide bonds. The minimum Gasteiger partial charge on any atom is -0.493 e. The summed E-state index contributed by atoms with van der Waals surface area (Å²) in [5, 5.41) is 6.82. The number of methoxy groups -OCH3 is 3. The van der Waals surface area contributed by atoms with E-state index in [0.29, 0.717) is 41.0 Å². The Morgan fingerprint density at radius 1 is 0.914 bits per heavy atom. The van der Waals surface area contributed by atoms with Gasteiger partial charge < -0.3 is 18.9 Å². The van der Waals surface area contributed by atoms with Crippen LogP contribution < -0.4 is 18.9 Å². The summed E-state index contributed by atoms with van der Waals surface area (Å²) in [6, 6.07) is 18.5. The van der Waals surface area contributed by atoms with Gasteiger partial charge in [0.15, 0.2) is 23.0 Å². The van der Waals surface area contributed by atoms with E-state index in [0.717, 1.165) is 22.4 Å². The second-order valence-electron chi connectivity index (χ2n) is 8.03. The Morgan fingerprint density at radius 2 is 1.57 bits per heavy atom. The largest absolute Gasteiger partial charge is 0.493 e. The summed E-state index contributed by atoms with van der Waals surface area (Å²) in [7, 11) is 4.77. The van der Waals surface area contributed by atoms with Gasteiger partial charge in [-0.15, -0.1) is 0 Å². The molecule has 1 aliphatic heterocycles. The van der Waals surface area contributed by atoms with Crippen LogP contribution in [-0.2, 0) is 11.4 Å². The zero-order valence-electron chi connectivity index (χ0n) is 20.1. The first-order valence-corrected chi connectivity index (χ1v) is 11.5. The number of carbonyl (C=O) groups excluding carboxylic acids is 1. The van der Waals surface area contributed by atoms with Crippen molar-refractivity contribution in [1.29, 1.82) is 0 Å². The van der Waals surface area contributed by atoms with E-state index in [2.05, 4.69) is 5.10 Å². The topological polar surface area (TPSA) is 69.6 Å². The van der Waals surface area contributed by atoms with E-state index >= 15 is 0 Å². The maximum atomic E-state index is 12.4. The Hall–Kier alpha value is -3.71. The molecule has 0 aromatic heterocycles. The van der Waals surface area contributed by atoms with Crippen LogP contribution in [0.1, 0.15) is 36.1 Å². The van der Waals surface area contributed by atoms with E-state index in [-0.39, 0.29) is 11.9 Å². The molecule has 0 aliphatic carbocycles. The average Bonchev–Trinajstić information content (AvgIpc) is 3.34. The van der Waals surface area contributed by atoms with Crippen molar-refractivity contribution in [3.63, 3.8) is 0 Å². The molecule has 1 aliphatic rings. The lowest BCUT2D eigenvalue weighted by Gasteiger charge is -2.21. The smallest absolute Gasteiger partial charge is 0.240 e. The van der Waals surface area contributed by atoms with E-state index in [4.69, 9.17) is 30.5 Å². The summed E-state index contributed by atoms with van der Waals surface area (Å²) >= 11 is 5.96. The van der Waals surface area contributed by atoms with Gasteiger partial charge in [-0.05, 0) is 53.6 Å². The Morgan fingerprint density at radius 3 is 2.23 bits per heavy atom. The van der Waals surface area contributed by atoms with Crippen molar-refractivity contribution >= 4 is 23.2 Å². The van der Waals surface area contributed by atoms with E-state index < -0.39 is 0 Å². The first-order chi connectivity index (χ1) is 16.9. The Kier molecular flexibility index (Phi) is 7.46. The molecule has 1 atom stereocenters. The Balaban J connectivity index is 1.56. The SMILES string of the molecule is COc1ccc(C2=NN(C(C)=O)C(c3ccc(OCc4ccc(Cl)cc4)c(OC)c3)C2)cc1OC. The second-order valence-corrected chi connectivity index (χ2v) is 8.46. The lowest BCUT2D eigenvalue weighted by molar-refractivity contribution is -0.130. The van der Waals surface area contributed by atoms with Gasteiger partial charge in [-0.25, -0.2) is 5.01 Å². The Bertz CT molecular complexity index is 1240. The van der Waals surface area contributed by atoms with E-state index in [1.54, 1.807) is 21.3 Å². The van der Waals surface area contributed by atoms with E-state index in [1.807, 2.05) is 60.7 Å². The molecule has 1 heterocycles. The first kappa shape index (κ1) is 24.4. The van der Waals surface area contributed by atoms with Gasteiger partial charge in [0.25, 0.3) is 0 Å². The van der Waals surface area contributed by atoms with Crippen molar-refractivity contribution in [2.24, 2.45) is 5.10 Å². The fraction of sp³-hybridized carbons (Fsp3) is 0.259. The molecule has 0 N–H and O–H groups in total. The molecule has 8 heteroatoms. The average molecular weight is 495 g/mol. The van der Waals surface area contributed by atoms with Gasteiger partial charge in [-0.3, -0.25) is 4.79 Å². The molecule has 3 aromatic carbocycles. The molecule has 182 valence electrons. The summed E-state index contributed by atoms with van der Waals surface area (Å²) in [4.78, 5) is 12.4. The zero-order valence-corrected chi connectivity index (χ0v) is 20.8. The lowest BCUT2D eigenvalue weighted by atomic mass is 9.97. The van der Waals surface area contributed by atoms with Crippen molar-refractivity contribution in [1.82, 2.24) is 5.01 Å². The molecule has 0 saturated carbocycles. The normalized spacial score (nSPS) is 14.9. The number of hydrazone groups is 1. The van der Waals surface area contributed by atoms with Gasteiger partial charge in [0, 0.05) is 23.9 Å². The predicted molar refractivity (Wildman–Crippen MR) is 135 cm³/mol. The standard InChI is InChI=1S/C27H27ClN2O5/c1-17(31)30-23(15-22(29-30)19-7-11-24(32-2)26(13-19)33-3)20-8-12-25(27(14-20)34-4)35-16-18-5-9-21(28)10-6-18/h5-14,23H,15-16H2,1-4H3. The third-order valence-corrected chi connectivity index (χ3v) is 6.08. The van der Waals surface area contributed by atoms with Crippen LogP contribution in [0.4, 0.5) is 0 Å². The molecule has 0 bridgehead atoms. The molecule has 4 rings (SSSR count). The van der Waals surface area contributed by atoms with Gasteiger partial charge >= 0.3 is 0 Å². The maximum absolute atomic E-state index is 12.4. The number of benzene rings is 3. The van der Waals surface area contributed by atoms with E-state index in [1.165, 1.54) is 11.9 Å². The number of carbonyl (C=O) groups is 1. The minimum absolute atomic E-state index is 0.146. The quantitative estimate of drug-likeness (QED) is 0.405. The summed E-state index contributed by atoms with van der Waals surface area (Å²) in [6.07, 6.45) is 0.545. The molecule has 0 spiro atoms. The maximum Gasteiger partial charge on any atom is 0.240 e. The molecule has 0 radical (unpaired) electrons. The highest BCUT2D eigenvalue weighted by atomic mass is 35.5. The fourth-order valence-electron chi connectivity index (χ4n) is 4.00. The molecule has 0 saturated heterocycles. The number of ether oxygens (including phenoxy) is 4. The minimum atomic E-state index is -0.269. The monoisotopic (exact) mass is 494 g/mol. The summed E-state index contributed by atoms with van der Waals surface area (Å²) in [5.41, 5.74) is 3.54. The van der Waals surface area contributed by atoms with Crippen LogP contribution in [0.5, 0.6) is 23.0 Å². The van der Waals surface area contributed by atoms with Crippen LogP contribution in [0.15, 0.2) is 65.8 Å². The third kappa shape index (κ3) is 5.35. The first-order valence-electron chi connectivity index (χ1n) is 11.1. The van der Waals surface area contributed by atoms with Crippen LogP contribution >= 0.6 is 11.6 Å². The summed E-state index contributed by atoms with van der Waals surface area (Å²) in [5.74, 6) is 2.29. The highest BCUT2D eigenvalue weighted by Gasteiger charge is 2.32. The van der Waals surface area contributed by atoms with Crippen LogP contribution in [0, 0.1) is 0 Å². The number of hydrogen-bond donors (Lipinski definition) is 0. The highest BCUT2D eigenvalue weighted by molar-refractivity contribution is 6.30. The van der Waals surface area contributed by atoms with Crippen LogP contribution in [-0.4, -0.2) is 38.0 Å². The van der Waals surface area contributed by atoms with Gasteiger partial charge in [0.1, 0.15) is 6.61 Å². The van der Waals surface area contributed by atoms with Gasteiger partial charge in [0.05, 0.1) is 33.1 Å². The molecule has 1 unspecified atom stereocenters. The Labute approximate surface area is 209 Å². The lowest BCUT2D eigenvalue weighted by Crippen LogP contribution is -2.24. The highest BCUT2D eigenvalue weighted by Crippen LogP contribution is 2.38. The van der Waals surface area contributed by atoms with Crippen molar-refractivity contribution in [3.05, 3.63) is 82.4 Å². The second kappa shape index (κ2) is 10.7. The molecule has 7 nitrogen and oxygen atoms in total. The van der Waals surface area contributed by atoms with E-state index in [9.17, 15) is 4.79 Å². The van der Waals surface area contributed by atoms with Gasteiger partial charge in [0.2, 0.25) is 5.91 Å². The van der Waals surface area contributed by atoms with Gasteiger partial charge in [-0.2, -0.15) is 5.10 Å². The van der Waals surface area contributed by atoms with Crippen molar-refractivity contribution in [2.45, 2.75) is 26.0 Å². The molecule has 0 fully saturated rings. The third-order valence-electron chi connectivity index (χ3n) is 5.83. The van der Waals surface area contributed by atoms with Crippen molar-refractivity contribution < 1.29 is 23.7 Å². The predicted octanol–water partition coefficient (Wildman–Crippen LogP) is 5.64.